The monoisotopic (exact) mass is 742 g/mol. The maximum Gasteiger partial charge on any atom is 0.321 e. The number of hydrogen-bond donors (Lipinski definition) is 5. The standard InChI is InChI=1S/C17H23NO3.C13H12F2N6O.C5H9NO4/c1-18-13-7-8-14(18)10-15(9-13)21-17(20)16(11-19)12-5-3-2-4-6-12;14-10-1-2-11(12(15)3-10)13(22,4-20-8-16-6-18-20)5-21-9-17-7-19-21;1-6-3(5(9)10)2-4(7)8/h2-6,13-16,19H,7-11H2,1H3;1-3,6-9,22H,4-5H2;3,6H,2H2,1H3,(H,7,8)(H,9,10)/t13-,14+,15?,16?;;. The number of rotatable bonds is 13. The number of aliphatic hydroxyl groups excluding tert-OH is 1. The van der Waals surface area contributed by atoms with Gasteiger partial charge in [0.05, 0.1) is 26.1 Å². The number of aliphatic hydroxyl groups is 2. The highest BCUT2D eigenvalue weighted by atomic mass is 19.1. The number of piperidine rings is 1. The van der Waals surface area contributed by atoms with Crippen molar-refractivity contribution in [2.75, 3.05) is 20.7 Å². The molecule has 2 aliphatic heterocycles. The Bertz CT molecular complexity index is 1700. The van der Waals surface area contributed by atoms with Crippen molar-refractivity contribution >= 4 is 17.9 Å². The van der Waals surface area contributed by atoms with Crippen LogP contribution in [-0.4, -0.2) is 118 Å². The highest BCUT2D eigenvalue weighted by Crippen LogP contribution is 2.36. The van der Waals surface area contributed by atoms with Crippen molar-refractivity contribution in [3.05, 3.63) is 96.6 Å². The minimum atomic E-state index is -1.70. The number of carbonyl (C=O) groups excluding carboxylic acids is 1. The lowest BCUT2D eigenvalue weighted by Crippen LogP contribution is -2.43. The number of nitrogens with zero attached hydrogens (tertiary/aromatic N) is 7. The number of esters is 1. The van der Waals surface area contributed by atoms with Gasteiger partial charge in [0.2, 0.25) is 0 Å². The van der Waals surface area contributed by atoms with Gasteiger partial charge in [-0.1, -0.05) is 36.4 Å². The molecule has 2 aromatic heterocycles. The van der Waals surface area contributed by atoms with Crippen LogP contribution in [0.4, 0.5) is 8.78 Å². The van der Waals surface area contributed by atoms with E-state index in [1.807, 2.05) is 30.3 Å². The predicted molar refractivity (Wildman–Crippen MR) is 183 cm³/mol. The third kappa shape index (κ3) is 11.4. The number of aromatic nitrogens is 6. The smallest absolute Gasteiger partial charge is 0.321 e. The topological polar surface area (TPSA) is 218 Å². The summed E-state index contributed by atoms with van der Waals surface area (Å²) >= 11 is 0. The zero-order valence-electron chi connectivity index (χ0n) is 29.3. The van der Waals surface area contributed by atoms with Gasteiger partial charge in [0, 0.05) is 23.7 Å². The van der Waals surface area contributed by atoms with Crippen molar-refractivity contribution in [3.63, 3.8) is 0 Å². The van der Waals surface area contributed by atoms with E-state index >= 15 is 0 Å². The summed E-state index contributed by atoms with van der Waals surface area (Å²) in [5.74, 6) is -4.69. The van der Waals surface area contributed by atoms with Crippen LogP contribution in [0.3, 0.4) is 0 Å². The maximum absolute atomic E-state index is 14.1. The van der Waals surface area contributed by atoms with Crippen LogP contribution in [0.25, 0.3) is 0 Å². The Labute approximate surface area is 304 Å². The SMILES string of the molecule is CN1[C@@H]2CC[C@H]1CC(OC(=O)C(CO)c1ccccc1)C2.CNC(CC(=O)O)C(=O)O.OC(Cn1cncn1)(Cn1cncn1)c1ccc(F)cc1F. The van der Waals surface area contributed by atoms with Crippen molar-refractivity contribution in [1.29, 1.82) is 0 Å². The fourth-order valence-corrected chi connectivity index (χ4v) is 6.45. The summed E-state index contributed by atoms with van der Waals surface area (Å²) in [6.07, 6.45) is 9.26. The van der Waals surface area contributed by atoms with Crippen LogP contribution in [0.15, 0.2) is 73.8 Å². The molecule has 286 valence electrons. The average Bonchev–Trinajstić information content (AvgIpc) is 3.86. The number of benzene rings is 2. The number of halogens is 2. The summed E-state index contributed by atoms with van der Waals surface area (Å²) in [5.41, 5.74) is -0.931. The van der Waals surface area contributed by atoms with E-state index in [2.05, 4.69) is 37.4 Å². The zero-order valence-corrected chi connectivity index (χ0v) is 29.3. The van der Waals surface area contributed by atoms with Crippen LogP contribution < -0.4 is 5.32 Å². The van der Waals surface area contributed by atoms with E-state index < -0.39 is 47.6 Å². The predicted octanol–water partition coefficient (Wildman–Crippen LogP) is 1.80. The Kier molecular flexibility index (Phi) is 14.6. The lowest BCUT2D eigenvalue weighted by molar-refractivity contribution is -0.155. The average molecular weight is 743 g/mol. The second kappa shape index (κ2) is 19.1. The van der Waals surface area contributed by atoms with Gasteiger partial charge in [-0.3, -0.25) is 14.4 Å². The van der Waals surface area contributed by atoms with Gasteiger partial charge in [0.25, 0.3) is 0 Å². The van der Waals surface area contributed by atoms with E-state index in [9.17, 15) is 33.4 Å². The van der Waals surface area contributed by atoms with Crippen LogP contribution in [0.5, 0.6) is 0 Å². The molecule has 0 aliphatic carbocycles. The highest BCUT2D eigenvalue weighted by Gasteiger charge is 2.40. The minimum Gasteiger partial charge on any atom is -0.481 e. The number of aliphatic carboxylic acids is 2. The number of ether oxygens (including phenoxy) is 1. The van der Waals surface area contributed by atoms with Crippen LogP contribution in [-0.2, 0) is 37.8 Å². The Hall–Kier alpha value is -5.17. The minimum absolute atomic E-state index is 0.00367. The molecule has 2 bridgehead atoms. The number of fused-ring (bicyclic) bond motifs is 2. The summed E-state index contributed by atoms with van der Waals surface area (Å²) in [6, 6.07) is 12.5. The van der Waals surface area contributed by atoms with E-state index in [1.165, 1.54) is 60.6 Å². The molecule has 2 fully saturated rings. The fourth-order valence-electron chi connectivity index (χ4n) is 6.45. The number of nitrogens with one attached hydrogen (secondary N) is 1. The first-order chi connectivity index (χ1) is 25.3. The quantitative estimate of drug-likeness (QED) is 0.124. The Morgan fingerprint density at radius 1 is 0.962 bits per heavy atom. The molecular formula is C35H44F2N8O8. The summed E-state index contributed by atoms with van der Waals surface area (Å²) in [6.45, 7) is -0.354. The second-order valence-electron chi connectivity index (χ2n) is 12.8. The molecule has 0 radical (unpaired) electrons. The van der Waals surface area contributed by atoms with Gasteiger partial charge in [-0.15, -0.1) is 0 Å². The molecule has 4 heterocycles. The summed E-state index contributed by atoms with van der Waals surface area (Å²) in [7, 11) is 3.57. The van der Waals surface area contributed by atoms with E-state index in [1.54, 1.807) is 0 Å². The van der Waals surface area contributed by atoms with Crippen LogP contribution >= 0.6 is 0 Å². The molecule has 18 heteroatoms. The third-order valence-electron chi connectivity index (χ3n) is 9.24. The first kappa shape index (κ1) is 40.6. The van der Waals surface area contributed by atoms with Crippen LogP contribution in [0.2, 0.25) is 0 Å². The van der Waals surface area contributed by atoms with Crippen molar-refractivity contribution in [2.24, 2.45) is 0 Å². The summed E-state index contributed by atoms with van der Waals surface area (Å²) in [4.78, 5) is 42.5. The lowest BCUT2D eigenvalue weighted by Gasteiger charge is -2.36. The van der Waals surface area contributed by atoms with Gasteiger partial charge in [-0.05, 0) is 51.4 Å². The lowest BCUT2D eigenvalue weighted by atomic mass is 9.93. The zero-order chi connectivity index (χ0) is 38.5. The second-order valence-corrected chi connectivity index (χ2v) is 12.8. The Morgan fingerprint density at radius 3 is 1.98 bits per heavy atom. The number of carbonyl (C=O) groups is 3. The molecule has 5 atom stereocenters. The van der Waals surface area contributed by atoms with Crippen LogP contribution in [0.1, 0.15) is 49.1 Å². The number of carboxylic acids is 2. The van der Waals surface area contributed by atoms with Gasteiger partial charge in [-0.25, -0.2) is 28.1 Å². The highest BCUT2D eigenvalue weighted by molar-refractivity contribution is 5.80. The molecule has 2 aliphatic rings. The molecular weight excluding hydrogens is 698 g/mol. The molecule has 6 rings (SSSR count). The molecule has 2 aromatic carbocycles. The summed E-state index contributed by atoms with van der Waals surface area (Å²) in [5, 5.41) is 47.1. The first-order valence-electron chi connectivity index (χ1n) is 16.9. The van der Waals surface area contributed by atoms with Gasteiger partial charge >= 0.3 is 17.9 Å². The van der Waals surface area contributed by atoms with Gasteiger partial charge < -0.3 is 35.4 Å². The van der Waals surface area contributed by atoms with E-state index in [0.717, 1.165) is 30.5 Å². The molecule has 53 heavy (non-hydrogen) atoms. The molecule has 4 aromatic rings. The number of likely N-dealkylation sites (N-methyl/N-ethyl adjacent to an activating group) is 1. The van der Waals surface area contributed by atoms with Crippen molar-refractivity contribution < 1.29 is 48.3 Å². The van der Waals surface area contributed by atoms with Crippen molar-refractivity contribution in [2.45, 2.75) is 80.9 Å². The van der Waals surface area contributed by atoms with Gasteiger partial charge in [0.15, 0.2) is 0 Å². The molecule has 0 saturated carbocycles. The van der Waals surface area contributed by atoms with Gasteiger partial charge in [0.1, 0.15) is 60.6 Å². The largest absolute Gasteiger partial charge is 0.481 e. The maximum atomic E-state index is 14.1. The van der Waals surface area contributed by atoms with E-state index in [4.69, 9.17) is 14.9 Å². The first-order valence-corrected chi connectivity index (χ1v) is 16.9. The summed E-state index contributed by atoms with van der Waals surface area (Å²) < 4.78 is 35.7. The molecule has 3 unspecified atom stereocenters. The van der Waals surface area contributed by atoms with Gasteiger partial charge in [-0.2, -0.15) is 10.2 Å². The molecule has 0 amide bonds. The number of hydrogen-bond acceptors (Lipinski definition) is 12. The van der Waals surface area contributed by atoms with E-state index in [0.29, 0.717) is 12.1 Å². The van der Waals surface area contributed by atoms with Crippen LogP contribution in [0, 0.1) is 11.6 Å². The fraction of sp³-hybridized carbons (Fsp3) is 0.457. The molecule has 16 nitrogen and oxygen atoms in total. The third-order valence-corrected chi connectivity index (χ3v) is 9.24. The van der Waals surface area contributed by atoms with Crippen molar-refractivity contribution in [3.8, 4) is 0 Å². The normalized spacial score (nSPS) is 19.2. The molecule has 5 N–H and O–H groups in total. The Balaban J connectivity index is 0.000000191. The molecule has 2 saturated heterocycles. The van der Waals surface area contributed by atoms with Crippen molar-refractivity contribution in [1.82, 2.24) is 39.7 Å². The van der Waals surface area contributed by atoms with E-state index in [-0.39, 0.29) is 37.3 Å². The molecule has 0 spiro atoms. The Morgan fingerprint density at radius 2 is 1.55 bits per heavy atom. The number of carboxylic acid groups (broad SMARTS) is 2.